The number of nitrogens with zero attached hydrogens (tertiary/aromatic N) is 1. The van der Waals surface area contributed by atoms with Gasteiger partial charge in [0.15, 0.2) is 0 Å². The van der Waals surface area contributed by atoms with Crippen LogP contribution in [0.3, 0.4) is 0 Å². The molecule has 1 aromatic rings. The summed E-state index contributed by atoms with van der Waals surface area (Å²) >= 11 is 6.11. The molecule has 1 aromatic heterocycles. The maximum atomic E-state index is 12.0. The summed E-state index contributed by atoms with van der Waals surface area (Å²) < 4.78 is 0. The van der Waals surface area contributed by atoms with Crippen LogP contribution in [0.25, 0.3) is 0 Å². The number of carbonyl (C=O) groups excluding carboxylic acids is 1. The Bertz CT molecular complexity index is 472. The molecule has 104 valence electrons. The summed E-state index contributed by atoms with van der Waals surface area (Å²) in [5.41, 5.74) is 0.812. The lowest BCUT2D eigenvalue weighted by Gasteiger charge is -2.11. The molecule has 0 unspecified atom stereocenters. The molecule has 2 N–H and O–H groups in total. The van der Waals surface area contributed by atoms with Crippen LogP contribution in [0.4, 0.5) is 5.82 Å². The molecule has 0 aromatic carbocycles. The van der Waals surface area contributed by atoms with Crippen LogP contribution in [0.15, 0.2) is 12.3 Å². The predicted molar refractivity (Wildman–Crippen MR) is 77.7 cm³/mol. The van der Waals surface area contributed by atoms with E-state index in [1.807, 2.05) is 0 Å². The van der Waals surface area contributed by atoms with E-state index < -0.39 is 0 Å². The summed E-state index contributed by atoms with van der Waals surface area (Å²) in [7, 11) is 0. The molecule has 1 heterocycles. The zero-order chi connectivity index (χ0) is 13.9. The minimum absolute atomic E-state index is 0.107. The molecule has 19 heavy (non-hydrogen) atoms. The number of pyridine rings is 1. The highest BCUT2D eigenvalue weighted by atomic mass is 35.5. The van der Waals surface area contributed by atoms with Crippen molar-refractivity contribution in [3.05, 3.63) is 22.8 Å². The summed E-state index contributed by atoms with van der Waals surface area (Å²) in [4.78, 5) is 16.2. The third-order valence-corrected chi connectivity index (χ3v) is 3.71. The van der Waals surface area contributed by atoms with Gasteiger partial charge in [-0.2, -0.15) is 0 Å². The second-order valence-electron chi connectivity index (χ2n) is 5.47. The van der Waals surface area contributed by atoms with Crippen LogP contribution in [0.2, 0.25) is 5.02 Å². The number of anilines is 1. The van der Waals surface area contributed by atoms with Gasteiger partial charge < -0.3 is 10.6 Å². The van der Waals surface area contributed by atoms with Crippen LogP contribution in [-0.2, 0) is 0 Å². The van der Waals surface area contributed by atoms with Crippen molar-refractivity contribution in [2.45, 2.75) is 33.1 Å². The quantitative estimate of drug-likeness (QED) is 0.842. The van der Waals surface area contributed by atoms with E-state index in [0.29, 0.717) is 21.8 Å². The summed E-state index contributed by atoms with van der Waals surface area (Å²) in [6.07, 6.45) is 4.94. The molecule has 1 saturated carbocycles. The van der Waals surface area contributed by atoms with Gasteiger partial charge in [0.1, 0.15) is 5.82 Å². The number of hydrogen-bond acceptors (Lipinski definition) is 3. The summed E-state index contributed by atoms with van der Waals surface area (Å²) in [6, 6.07) is 1.66. The molecule has 1 aliphatic carbocycles. The summed E-state index contributed by atoms with van der Waals surface area (Å²) in [5, 5.41) is 6.54. The fourth-order valence-corrected chi connectivity index (χ4v) is 1.95. The summed E-state index contributed by atoms with van der Waals surface area (Å²) in [5.74, 6) is 0.527. The molecule has 0 atom stereocenters. The van der Waals surface area contributed by atoms with Gasteiger partial charge >= 0.3 is 0 Å². The predicted octanol–water partition coefficient (Wildman–Crippen LogP) is 3.09. The maximum absolute atomic E-state index is 12.0. The molecule has 1 fully saturated rings. The zero-order valence-electron chi connectivity index (χ0n) is 11.4. The van der Waals surface area contributed by atoms with Crippen molar-refractivity contribution in [2.24, 2.45) is 5.41 Å². The van der Waals surface area contributed by atoms with Crippen LogP contribution < -0.4 is 10.6 Å². The van der Waals surface area contributed by atoms with Crippen LogP contribution in [0.5, 0.6) is 0 Å². The van der Waals surface area contributed by atoms with E-state index in [1.165, 1.54) is 12.8 Å². The minimum atomic E-state index is -0.107. The molecule has 4 nitrogen and oxygen atoms in total. The fourth-order valence-electron chi connectivity index (χ4n) is 1.72. The number of rotatable bonds is 6. The first kappa shape index (κ1) is 14.1. The van der Waals surface area contributed by atoms with Crippen molar-refractivity contribution in [2.75, 3.05) is 18.4 Å². The fraction of sp³-hybridized carbons (Fsp3) is 0.571. The van der Waals surface area contributed by atoms with E-state index in [9.17, 15) is 4.79 Å². The highest BCUT2D eigenvalue weighted by Crippen LogP contribution is 2.44. The number of halogens is 1. The first-order chi connectivity index (χ1) is 9.04. The standard InChI is InChI=1S/C14H20ClN3O/c1-3-6-16-12-11(15)7-10(8-17-12)13(19)18-9-14(2)4-5-14/h7-8H,3-6,9H2,1-2H3,(H,16,17)(H,18,19). The Morgan fingerprint density at radius 3 is 2.84 bits per heavy atom. The molecule has 0 saturated heterocycles. The van der Waals surface area contributed by atoms with Gasteiger partial charge in [-0.15, -0.1) is 0 Å². The topological polar surface area (TPSA) is 54.0 Å². The second-order valence-corrected chi connectivity index (χ2v) is 5.88. The lowest BCUT2D eigenvalue weighted by atomic mass is 10.1. The molecule has 1 amide bonds. The third kappa shape index (κ3) is 3.83. The lowest BCUT2D eigenvalue weighted by Crippen LogP contribution is -2.29. The molecular weight excluding hydrogens is 262 g/mol. The highest BCUT2D eigenvalue weighted by molar-refractivity contribution is 6.33. The van der Waals surface area contributed by atoms with Gasteiger partial charge in [0.05, 0.1) is 10.6 Å². The van der Waals surface area contributed by atoms with E-state index in [1.54, 1.807) is 12.3 Å². The van der Waals surface area contributed by atoms with Gasteiger partial charge in [0.2, 0.25) is 0 Å². The number of amides is 1. The average Bonchev–Trinajstić information content (AvgIpc) is 3.13. The number of aromatic nitrogens is 1. The molecule has 1 aliphatic rings. The summed E-state index contributed by atoms with van der Waals surface area (Å²) in [6.45, 7) is 5.79. The van der Waals surface area contributed by atoms with Crippen molar-refractivity contribution in [3.8, 4) is 0 Å². The minimum Gasteiger partial charge on any atom is -0.369 e. The van der Waals surface area contributed by atoms with Crippen molar-refractivity contribution in [1.29, 1.82) is 0 Å². The molecule has 0 spiro atoms. The van der Waals surface area contributed by atoms with Crippen molar-refractivity contribution >= 4 is 23.3 Å². The van der Waals surface area contributed by atoms with Crippen LogP contribution >= 0.6 is 11.6 Å². The monoisotopic (exact) mass is 281 g/mol. The average molecular weight is 282 g/mol. The van der Waals surface area contributed by atoms with Crippen LogP contribution in [-0.4, -0.2) is 24.0 Å². The first-order valence-corrected chi connectivity index (χ1v) is 7.09. The van der Waals surface area contributed by atoms with Gasteiger partial charge in [-0.25, -0.2) is 4.98 Å². The number of hydrogen-bond donors (Lipinski definition) is 2. The van der Waals surface area contributed by atoms with Crippen LogP contribution in [0.1, 0.15) is 43.5 Å². The molecule has 0 radical (unpaired) electrons. The Kier molecular flexibility index (Phi) is 4.30. The SMILES string of the molecule is CCCNc1ncc(C(=O)NCC2(C)CC2)cc1Cl. The Hall–Kier alpha value is -1.29. The maximum Gasteiger partial charge on any atom is 0.252 e. The smallest absolute Gasteiger partial charge is 0.252 e. The normalized spacial score (nSPS) is 15.9. The first-order valence-electron chi connectivity index (χ1n) is 6.72. The Labute approximate surface area is 118 Å². The Morgan fingerprint density at radius 1 is 1.53 bits per heavy atom. The van der Waals surface area contributed by atoms with Gasteiger partial charge in [0, 0.05) is 19.3 Å². The van der Waals surface area contributed by atoms with Gasteiger partial charge in [-0.05, 0) is 30.7 Å². The van der Waals surface area contributed by atoms with E-state index in [0.717, 1.165) is 19.5 Å². The van der Waals surface area contributed by atoms with E-state index in [-0.39, 0.29) is 5.91 Å². The number of carbonyl (C=O) groups is 1. The molecular formula is C14H20ClN3O. The highest BCUT2D eigenvalue weighted by Gasteiger charge is 2.37. The van der Waals surface area contributed by atoms with Crippen molar-refractivity contribution in [3.63, 3.8) is 0 Å². The van der Waals surface area contributed by atoms with E-state index >= 15 is 0 Å². The zero-order valence-corrected chi connectivity index (χ0v) is 12.2. The molecule has 5 heteroatoms. The second kappa shape index (κ2) is 5.78. The van der Waals surface area contributed by atoms with Crippen LogP contribution in [0, 0.1) is 5.41 Å². The van der Waals surface area contributed by atoms with Gasteiger partial charge in [-0.1, -0.05) is 25.4 Å². The van der Waals surface area contributed by atoms with E-state index in [4.69, 9.17) is 11.6 Å². The van der Waals surface area contributed by atoms with Crippen molar-refractivity contribution < 1.29 is 4.79 Å². The molecule has 2 rings (SSSR count). The van der Waals surface area contributed by atoms with Crippen molar-refractivity contribution in [1.82, 2.24) is 10.3 Å². The lowest BCUT2D eigenvalue weighted by molar-refractivity contribution is 0.0946. The Morgan fingerprint density at radius 2 is 2.26 bits per heavy atom. The number of nitrogens with one attached hydrogen (secondary N) is 2. The van der Waals surface area contributed by atoms with Gasteiger partial charge in [0.25, 0.3) is 5.91 Å². The Balaban J connectivity index is 1.96. The van der Waals surface area contributed by atoms with Gasteiger partial charge in [-0.3, -0.25) is 4.79 Å². The third-order valence-electron chi connectivity index (χ3n) is 3.43. The van der Waals surface area contributed by atoms with E-state index in [2.05, 4.69) is 29.5 Å². The largest absolute Gasteiger partial charge is 0.369 e. The molecule has 0 bridgehead atoms. The molecule has 0 aliphatic heterocycles.